The average molecular weight is 489 g/mol. The second-order valence-electron chi connectivity index (χ2n) is 8.14. The largest absolute Gasteiger partial charge is 0.494 e. The highest BCUT2D eigenvalue weighted by Crippen LogP contribution is 2.18. The van der Waals surface area contributed by atoms with Crippen molar-refractivity contribution in [1.29, 1.82) is 0 Å². The molecule has 0 heterocycles. The minimum absolute atomic E-state index is 0.104. The predicted molar refractivity (Wildman–Crippen MR) is 139 cm³/mol. The van der Waals surface area contributed by atoms with Gasteiger partial charge in [0, 0.05) is 0 Å². The van der Waals surface area contributed by atoms with Crippen molar-refractivity contribution in [2.45, 2.75) is 25.7 Å². The summed E-state index contributed by atoms with van der Waals surface area (Å²) < 4.78 is 21.8. The molecule has 0 amide bonds. The smallest absolute Gasteiger partial charge is 0.338 e. The van der Waals surface area contributed by atoms with E-state index < -0.39 is 5.97 Å². The average Bonchev–Trinajstić information content (AvgIpc) is 2.92. The molecule has 0 aliphatic heterocycles. The van der Waals surface area contributed by atoms with Gasteiger partial charge in [0.1, 0.15) is 37.1 Å². The Hall–Kier alpha value is -4.06. The van der Waals surface area contributed by atoms with Crippen LogP contribution >= 0.6 is 0 Å². The van der Waals surface area contributed by atoms with E-state index in [1.54, 1.807) is 36.4 Å². The molecule has 3 aromatic carbocycles. The van der Waals surface area contributed by atoms with Crippen LogP contribution in [0.4, 0.5) is 0 Å². The van der Waals surface area contributed by atoms with Crippen molar-refractivity contribution < 1.29 is 28.5 Å². The number of Topliss-reactive ketones (excluding diaryl/α,β-unsaturated/α-hetero) is 1. The molecule has 36 heavy (non-hydrogen) atoms. The first kappa shape index (κ1) is 26.5. The van der Waals surface area contributed by atoms with E-state index >= 15 is 0 Å². The van der Waals surface area contributed by atoms with E-state index in [-0.39, 0.29) is 25.6 Å². The van der Waals surface area contributed by atoms with Crippen LogP contribution in [0.1, 0.15) is 35.2 Å². The van der Waals surface area contributed by atoms with Crippen molar-refractivity contribution >= 4 is 11.8 Å². The fraction of sp³-hybridized carbons (Fsp3) is 0.267. The Labute approximate surface area is 212 Å². The van der Waals surface area contributed by atoms with Gasteiger partial charge in [-0.15, -0.1) is 0 Å². The van der Waals surface area contributed by atoms with Gasteiger partial charge in [0.25, 0.3) is 0 Å². The van der Waals surface area contributed by atoms with Crippen molar-refractivity contribution in [2.24, 2.45) is 0 Å². The zero-order chi connectivity index (χ0) is 25.4. The molecule has 0 N–H and O–H groups in total. The molecular formula is C30H32O6. The van der Waals surface area contributed by atoms with E-state index in [1.807, 2.05) is 18.2 Å². The molecule has 0 bridgehead atoms. The minimum atomic E-state index is -0.443. The zero-order valence-electron chi connectivity index (χ0n) is 20.4. The zero-order valence-corrected chi connectivity index (χ0v) is 20.4. The first-order valence-corrected chi connectivity index (χ1v) is 12.1. The van der Waals surface area contributed by atoms with Crippen LogP contribution in [0.15, 0.2) is 91.5 Å². The van der Waals surface area contributed by atoms with Crippen LogP contribution in [0.3, 0.4) is 0 Å². The maximum absolute atomic E-state index is 12.1. The topological polar surface area (TPSA) is 71.1 Å². The molecule has 0 radical (unpaired) electrons. The standard InChI is InChI=1S/C30H32O6/c1-2-20-34-30(32)25-12-14-28(15-13-25)35-22-26(31)23-36-29-18-16-27(17-19-29)33-21-8-4-7-11-24-9-5-3-6-10-24/h2-3,5-6,9-10,12-19H,1,4,7-8,11,20-23H2. The first-order chi connectivity index (χ1) is 17.6. The molecule has 6 nitrogen and oxygen atoms in total. The maximum atomic E-state index is 12.1. The van der Waals surface area contributed by atoms with Crippen LogP contribution < -0.4 is 14.2 Å². The summed E-state index contributed by atoms with van der Waals surface area (Å²) in [6.45, 7) is 4.08. The molecule has 0 fully saturated rings. The number of hydrogen-bond acceptors (Lipinski definition) is 6. The van der Waals surface area contributed by atoms with Gasteiger partial charge in [0.15, 0.2) is 0 Å². The Morgan fingerprint density at radius 2 is 1.28 bits per heavy atom. The van der Waals surface area contributed by atoms with E-state index in [0.717, 1.165) is 31.4 Å². The third-order valence-corrected chi connectivity index (χ3v) is 5.27. The van der Waals surface area contributed by atoms with Gasteiger partial charge in [-0.1, -0.05) is 43.0 Å². The summed E-state index contributed by atoms with van der Waals surface area (Å²) in [6.07, 6.45) is 5.86. The van der Waals surface area contributed by atoms with Crippen LogP contribution in [0, 0.1) is 0 Å². The van der Waals surface area contributed by atoms with Crippen LogP contribution in [-0.4, -0.2) is 38.2 Å². The van der Waals surface area contributed by atoms with E-state index in [9.17, 15) is 9.59 Å². The van der Waals surface area contributed by atoms with E-state index in [2.05, 4.69) is 30.8 Å². The normalized spacial score (nSPS) is 10.3. The number of rotatable bonds is 16. The van der Waals surface area contributed by atoms with E-state index in [1.165, 1.54) is 11.6 Å². The van der Waals surface area contributed by atoms with Crippen LogP contribution in [0.2, 0.25) is 0 Å². The molecule has 3 rings (SSSR count). The van der Waals surface area contributed by atoms with Gasteiger partial charge in [0.05, 0.1) is 12.2 Å². The summed E-state index contributed by atoms with van der Waals surface area (Å²) in [4.78, 5) is 23.9. The van der Waals surface area contributed by atoms with Gasteiger partial charge in [0.2, 0.25) is 5.78 Å². The Bertz CT molecular complexity index is 1070. The molecule has 0 aromatic heterocycles. The number of unbranched alkanes of at least 4 members (excludes halogenated alkanes) is 2. The number of esters is 1. The summed E-state index contributed by atoms with van der Waals surface area (Å²) >= 11 is 0. The van der Waals surface area contributed by atoms with Crippen LogP contribution in [-0.2, 0) is 16.0 Å². The van der Waals surface area contributed by atoms with Gasteiger partial charge < -0.3 is 18.9 Å². The number of ketones is 1. The Kier molecular flexibility index (Phi) is 11.1. The second kappa shape index (κ2) is 15.0. The molecule has 0 aliphatic rings. The monoisotopic (exact) mass is 488 g/mol. The van der Waals surface area contributed by atoms with Crippen LogP contribution in [0.25, 0.3) is 0 Å². The lowest BCUT2D eigenvalue weighted by Gasteiger charge is -2.09. The molecule has 0 saturated heterocycles. The Balaban J connectivity index is 1.28. The third kappa shape index (κ3) is 9.66. The highest BCUT2D eigenvalue weighted by Gasteiger charge is 2.08. The number of carbonyl (C=O) groups is 2. The summed E-state index contributed by atoms with van der Waals surface area (Å²) in [6, 6.07) is 24.1. The minimum Gasteiger partial charge on any atom is -0.494 e. The first-order valence-electron chi connectivity index (χ1n) is 12.1. The summed E-state index contributed by atoms with van der Waals surface area (Å²) in [5.41, 5.74) is 1.77. The summed E-state index contributed by atoms with van der Waals surface area (Å²) in [7, 11) is 0. The van der Waals surface area contributed by atoms with E-state index in [0.29, 0.717) is 23.7 Å². The van der Waals surface area contributed by atoms with Gasteiger partial charge >= 0.3 is 5.97 Å². The van der Waals surface area contributed by atoms with Gasteiger partial charge in [-0.3, -0.25) is 4.79 Å². The fourth-order valence-electron chi connectivity index (χ4n) is 3.35. The van der Waals surface area contributed by atoms with Crippen molar-refractivity contribution in [3.63, 3.8) is 0 Å². The fourth-order valence-corrected chi connectivity index (χ4v) is 3.35. The number of hydrogen-bond donors (Lipinski definition) is 0. The SMILES string of the molecule is C=CCOC(=O)c1ccc(OCC(=O)COc2ccc(OCCCCCc3ccccc3)cc2)cc1. The second-order valence-corrected chi connectivity index (χ2v) is 8.14. The molecule has 0 atom stereocenters. The molecule has 0 unspecified atom stereocenters. The molecule has 0 spiro atoms. The number of carbonyl (C=O) groups excluding carboxylic acids is 2. The highest BCUT2D eigenvalue weighted by atomic mass is 16.5. The van der Waals surface area contributed by atoms with Crippen molar-refractivity contribution in [3.8, 4) is 17.2 Å². The van der Waals surface area contributed by atoms with Crippen LogP contribution in [0.5, 0.6) is 17.2 Å². The summed E-state index contributed by atoms with van der Waals surface area (Å²) in [5.74, 6) is 1.18. The Morgan fingerprint density at radius 3 is 1.89 bits per heavy atom. The van der Waals surface area contributed by atoms with Gasteiger partial charge in [-0.05, 0) is 79.8 Å². The molecule has 3 aromatic rings. The Morgan fingerprint density at radius 1 is 0.694 bits per heavy atom. The van der Waals surface area contributed by atoms with Gasteiger partial charge in [-0.25, -0.2) is 4.79 Å². The maximum Gasteiger partial charge on any atom is 0.338 e. The quantitative estimate of drug-likeness (QED) is 0.143. The molecular weight excluding hydrogens is 456 g/mol. The predicted octanol–water partition coefficient (Wildman–Crippen LogP) is 5.85. The van der Waals surface area contributed by atoms with Crippen molar-refractivity contribution in [1.82, 2.24) is 0 Å². The van der Waals surface area contributed by atoms with Gasteiger partial charge in [-0.2, -0.15) is 0 Å². The van der Waals surface area contributed by atoms with E-state index in [4.69, 9.17) is 18.9 Å². The number of ether oxygens (including phenoxy) is 4. The third-order valence-electron chi connectivity index (χ3n) is 5.27. The lowest BCUT2D eigenvalue weighted by molar-refractivity contribution is -0.123. The molecule has 6 heteroatoms. The molecule has 0 aliphatic carbocycles. The number of aryl methyl sites for hydroxylation is 1. The molecule has 0 saturated carbocycles. The lowest BCUT2D eigenvalue weighted by Crippen LogP contribution is -2.19. The van der Waals surface area contributed by atoms with Crippen molar-refractivity contribution in [3.05, 3.63) is 103 Å². The molecule has 188 valence electrons. The lowest BCUT2D eigenvalue weighted by atomic mass is 10.1. The summed E-state index contributed by atoms with van der Waals surface area (Å²) in [5, 5.41) is 0. The van der Waals surface area contributed by atoms with Crippen molar-refractivity contribution in [2.75, 3.05) is 26.4 Å². The number of benzene rings is 3. The highest BCUT2D eigenvalue weighted by molar-refractivity contribution is 5.89.